The molecule has 236 valence electrons. The average Bonchev–Trinajstić information content (AvgIpc) is 3.50. The Morgan fingerprint density at radius 3 is 2.60 bits per heavy atom. The van der Waals surface area contributed by atoms with Crippen molar-refractivity contribution in [2.45, 2.75) is 70.6 Å². The van der Waals surface area contributed by atoms with Crippen molar-refractivity contribution in [3.63, 3.8) is 0 Å². The molecule has 1 N–H and O–H groups in total. The van der Waals surface area contributed by atoms with Gasteiger partial charge in [0.25, 0.3) is 0 Å². The number of esters is 1. The van der Waals surface area contributed by atoms with Gasteiger partial charge in [0.05, 0.1) is 19.4 Å². The van der Waals surface area contributed by atoms with Gasteiger partial charge in [0.1, 0.15) is 5.75 Å². The molecule has 1 aliphatic carbocycles. The molecule has 3 fully saturated rings. The van der Waals surface area contributed by atoms with E-state index in [1.165, 1.54) is 61.8 Å². The van der Waals surface area contributed by atoms with Gasteiger partial charge in [-0.1, -0.05) is 25.3 Å². The van der Waals surface area contributed by atoms with Crippen LogP contribution in [0, 0.1) is 5.92 Å². The minimum Gasteiger partial charge on any atom is -0.496 e. The molecule has 10 heteroatoms. The lowest BCUT2D eigenvalue weighted by atomic mass is 9.83. The number of ether oxygens (including phenoxy) is 2. The van der Waals surface area contributed by atoms with Gasteiger partial charge in [-0.2, -0.15) is 0 Å². The van der Waals surface area contributed by atoms with Gasteiger partial charge in [0.2, 0.25) is 0 Å². The number of anilines is 1. The Kier molecular flexibility index (Phi) is 11.7. The Morgan fingerprint density at radius 1 is 1.02 bits per heavy atom. The van der Waals surface area contributed by atoms with E-state index in [1.54, 1.807) is 7.11 Å². The van der Waals surface area contributed by atoms with Gasteiger partial charge in [0, 0.05) is 56.6 Å². The quantitative estimate of drug-likeness (QED) is 0.309. The molecule has 9 nitrogen and oxygen atoms in total. The minimum atomic E-state index is -0.0897. The number of piperazine rings is 1. The topological polar surface area (TPSA) is 87.2 Å². The SMILES string of the molecule is CCOC(=O)CCCN1CCC[C@@H](CN2CCN(C(=O)Nc3nc(-c4cc(C5CCCCC5)ccc4OC)cs3)CC2)C1. The van der Waals surface area contributed by atoms with E-state index < -0.39 is 0 Å². The van der Waals surface area contributed by atoms with Crippen LogP contribution in [0.1, 0.15) is 76.2 Å². The van der Waals surface area contributed by atoms with Gasteiger partial charge in [-0.15, -0.1) is 11.3 Å². The number of hydrogen-bond donors (Lipinski definition) is 1. The summed E-state index contributed by atoms with van der Waals surface area (Å²) in [6.07, 6.45) is 10.2. The number of amides is 2. The molecule has 3 heterocycles. The highest BCUT2D eigenvalue weighted by atomic mass is 32.1. The highest BCUT2D eigenvalue weighted by molar-refractivity contribution is 7.14. The largest absolute Gasteiger partial charge is 0.496 e. The highest BCUT2D eigenvalue weighted by Gasteiger charge is 2.27. The van der Waals surface area contributed by atoms with E-state index in [1.807, 2.05) is 17.2 Å². The van der Waals surface area contributed by atoms with Crippen LogP contribution in [0.25, 0.3) is 11.3 Å². The molecule has 0 radical (unpaired) electrons. The van der Waals surface area contributed by atoms with E-state index in [9.17, 15) is 9.59 Å². The molecule has 1 atom stereocenters. The van der Waals surface area contributed by atoms with Crippen LogP contribution in [0.4, 0.5) is 9.93 Å². The predicted octanol–water partition coefficient (Wildman–Crippen LogP) is 6.07. The fourth-order valence-electron chi connectivity index (χ4n) is 6.92. The number of thiazole rings is 1. The van der Waals surface area contributed by atoms with Crippen LogP contribution in [-0.2, 0) is 9.53 Å². The summed E-state index contributed by atoms with van der Waals surface area (Å²) in [7, 11) is 1.70. The summed E-state index contributed by atoms with van der Waals surface area (Å²) < 4.78 is 10.7. The Labute approximate surface area is 260 Å². The Morgan fingerprint density at radius 2 is 1.84 bits per heavy atom. The number of carbonyl (C=O) groups is 2. The van der Waals surface area contributed by atoms with Gasteiger partial charge >= 0.3 is 12.0 Å². The highest BCUT2D eigenvalue weighted by Crippen LogP contribution is 2.38. The lowest BCUT2D eigenvalue weighted by Gasteiger charge is -2.39. The number of nitrogens with one attached hydrogen (secondary N) is 1. The molecule has 3 aliphatic rings. The first-order valence-corrected chi connectivity index (χ1v) is 17.2. The monoisotopic (exact) mass is 611 g/mol. The number of nitrogens with zero attached hydrogens (tertiary/aromatic N) is 4. The van der Waals surface area contributed by atoms with Crippen molar-refractivity contribution in [1.29, 1.82) is 0 Å². The summed E-state index contributed by atoms with van der Waals surface area (Å²) in [5, 5.41) is 5.69. The van der Waals surface area contributed by atoms with Crippen LogP contribution < -0.4 is 10.1 Å². The Balaban J connectivity index is 1.07. The molecular weight excluding hydrogens is 562 g/mol. The normalized spacial score (nSPS) is 20.6. The van der Waals surface area contributed by atoms with Crippen LogP contribution >= 0.6 is 11.3 Å². The number of piperidine rings is 1. The maximum Gasteiger partial charge on any atom is 0.323 e. The summed E-state index contributed by atoms with van der Waals surface area (Å²) >= 11 is 1.46. The van der Waals surface area contributed by atoms with Gasteiger partial charge in [-0.25, -0.2) is 9.78 Å². The fourth-order valence-corrected chi connectivity index (χ4v) is 7.62. The third-order valence-electron chi connectivity index (χ3n) is 9.23. The van der Waals surface area contributed by atoms with E-state index >= 15 is 0 Å². The van der Waals surface area contributed by atoms with Gasteiger partial charge < -0.3 is 19.3 Å². The van der Waals surface area contributed by atoms with Crippen molar-refractivity contribution in [3.05, 3.63) is 29.1 Å². The van der Waals surface area contributed by atoms with Gasteiger partial charge in [-0.05, 0) is 81.6 Å². The van der Waals surface area contributed by atoms with E-state index in [2.05, 4.69) is 33.3 Å². The first-order valence-electron chi connectivity index (χ1n) is 16.3. The second kappa shape index (κ2) is 15.9. The van der Waals surface area contributed by atoms with Crippen molar-refractivity contribution in [3.8, 4) is 17.0 Å². The zero-order valence-electron chi connectivity index (χ0n) is 26.0. The summed E-state index contributed by atoms with van der Waals surface area (Å²) in [4.78, 5) is 36.5. The zero-order chi connectivity index (χ0) is 30.0. The summed E-state index contributed by atoms with van der Waals surface area (Å²) in [5.41, 5.74) is 3.21. The molecule has 5 rings (SSSR count). The first kappa shape index (κ1) is 31.7. The maximum atomic E-state index is 13.1. The number of hydrogen-bond acceptors (Lipinski definition) is 8. The average molecular weight is 612 g/mol. The van der Waals surface area contributed by atoms with E-state index in [4.69, 9.17) is 14.5 Å². The fraction of sp³-hybridized carbons (Fsp3) is 0.667. The van der Waals surface area contributed by atoms with Crippen LogP contribution in [-0.4, -0.2) is 97.8 Å². The molecule has 1 aromatic carbocycles. The molecule has 0 spiro atoms. The molecule has 1 saturated carbocycles. The van der Waals surface area contributed by atoms with Gasteiger partial charge in [-0.3, -0.25) is 15.0 Å². The molecule has 1 aromatic heterocycles. The number of benzene rings is 1. The third kappa shape index (κ3) is 8.92. The standard InChI is InChI=1S/C33H49N5O4S/c1-3-42-31(39)12-8-16-36-15-7-9-25(22-36)23-37-17-19-38(20-18-37)33(40)35-32-34-29(24-43-32)28-21-27(13-14-30(28)41-2)26-10-5-4-6-11-26/h13-14,21,24-26H,3-12,15-20,22-23H2,1-2H3,(H,34,35,40)/t25-/m1/s1. The van der Waals surface area contributed by atoms with Crippen LogP contribution in [0.5, 0.6) is 5.75 Å². The lowest BCUT2D eigenvalue weighted by molar-refractivity contribution is -0.143. The molecule has 0 bridgehead atoms. The molecule has 0 unspecified atom stereocenters. The number of methoxy groups -OCH3 is 1. The lowest BCUT2D eigenvalue weighted by Crippen LogP contribution is -2.52. The van der Waals surface area contributed by atoms with Crippen LogP contribution in [0.2, 0.25) is 0 Å². The van der Waals surface area contributed by atoms with E-state index in [0.717, 1.165) is 75.8 Å². The second-order valence-corrected chi connectivity index (χ2v) is 13.1. The Hall–Kier alpha value is -2.69. The smallest absolute Gasteiger partial charge is 0.323 e. The number of carbonyl (C=O) groups excluding carboxylic acids is 2. The molecular formula is C33H49N5O4S. The van der Waals surface area contributed by atoms with Crippen LogP contribution in [0.3, 0.4) is 0 Å². The van der Waals surface area contributed by atoms with E-state index in [0.29, 0.717) is 30.0 Å². The van der Waals surface area contributed by atoms with Crippen molar-refractivity contribution < 1.29 is 19.1 Å². The number of urea groups is 1. The minimum absolute atomic E-state index is 0.0751. The summed E-state index contributed by atoms with van der Waals surface area (Å²) in [6, 6.07) is 6.43. The second-order valence-electron chi connectivity index (χ2n) is 12.3. The summed E-state index contributed by atoms with van der Waals surface area (Å²) in [5.74, 6) is 1.97. The summed E-state index contributed by atoms with van der Waals surface area (Å²) in [6.45, 7) is 9.76. The molecule has 2 aromatic rings. The van der Waals surface area contributed by atoms with Crippen molar-refractivity contribution in [1.82, 2.24) is 19.7 Å². The van der Waals surface area contributed by atoms with Gasteiger partial charge in [0.15, 0.2) is 5.13 Å². The number of rotatable bonds is 11. The van der Waals surface area contributed by atoms with Crippen molar-refractivity contribution >= 4 is 28.5 Å². The predicted molar refractivity (Wildman–Crippen MR) is 172 cm³/mol. The zero-order valence-corrected chi connectivity index (χ0v) is 26.8. The molecule has 2 amide bonds. The number of likely N-dealkylation sites (tertiary alicyclic amines) is 1. The number of aromatic nitrogens is 1. The molecule has 43 heavy (non-hydrogen) atoms. The maximum absolute atomic E-state index is 13.1. The molecule has 2 saturated heterocycles. The van der Waals surface area contributed by atoms with Crippen molar-refractivity contribution in [2.75, 3.05) is 71.4 Å². The van der Waals surface area contributed by atoms with Crippen LogP contribution in [0.15, 0.2) is 23.6 Å². The van der Waals surface area contributed by atoms with Crippen molar-refractivity contribution in [2.24, 2.45) is 5.92 Å². The first-order chi connectivity index (χ1) is 21.0. The molecule has 2 aliphatic heterocycles. The Bertz CT molecular complexity index is 1190. The van der Waals surface area contributed by atoms with E-state index in [-0.39, 0.29) is 12.0 Å². The third-order valence-corrected chi connectivity index (χ3v) is 9.99.